The standard InChI is InChI=1S/C32H32N2O9/c1-20(35)42-29-28(37)26(43-30(29)34-18-17-27(36)33-31(34)38)19-41-32(21-7-5-4-6-8-21,22-9-13-24(39-2)14-10-22)23-11-15-25(40-3)16-12-23/h4-18,26,28-30,37H,19H2,1-3H3,(H,33,36,38)/t26-,28+,29?,30-/m1/s1. The largest absolute Gasteiger partial charge is 0.497 e. The van der Waals surface area contributed by atoms with E-state index in [1.54, 1.807) is 14.2 Å². The van der Waals surface area contributed by atoms with Crippen LogP contribution in [0, 0.1) is 0 Å². The molecule has 2 N–H and O–H groups in total. The Bertz CT molecular complexity index is 1600. The predicted octanol–water partition coefficient (Wildman–Crippen LogP) is 2.75. The lowest BCUT2D eigenvalue weighted by Gasteiger charge is -2.37. The topological polar surface area (TPSA) is 138 Å². The van der Waals surface area contributed by atoms with Crippen LogP contribution >= 0.6 is 0 Å². The molecule has 1 unspecified atom stereocenters. The van der Waals surface area contributed by atoms with E-state index in [4.69, 9.17) is 23.7 Å². The summed E-state index contributed by atoms with van der Waals surface area (Å²) in [5.74, 6) is 0.647. The minimum atomic E-state index is -1.37. The summed E-state index contributed by atoms with van der Waals surface area (Å²) in [6.45, 7) is 1.01. The van der Waals surface area contributed by atoms with E-state index in [1.807, 2.05) is 78.9 Å². The number of aliphatic hydroxyl groups excluding tert-OH is 1. The van der Waals surface area contributed by atoms with Gasteiger partial charge in [-0.3, -0.25) is 19.1 Å². The summed E-state index contributed by atoms with van der Waals surface area (Å²) in [6.07, 6.45) is -3.64. The molecule has 0 amide bonds. The molecule has 3 aromatic carbocycles. The maximum Gasteiger partial charge on any atom is 0.330 e. The molecule has 1 aliphatic rings. The number of methoxy groups -OCH3 is 2. The van der Waals surface area contributed by atoms with Crippen molar-refractivity contribution in [3.05, 3.63) is 129 Å². The number of aromatic nitrogens is 2. The van der Waals surface area contributed by atoms with Gasteiger partial charge in [0.05, 0.1) is 20.8 Å². The second-order valence-electron chi connectivity index (χ2n) is 9.96. The smallest absolute Gasteiger partial charge is 0.330 e. The first-order valence-electron chi connectivity index (χ1n) is 13.6. The monoisotopic (exact) mass is 588 g/mol. The second kappa shape index (κ2) is 12.7. The number of hydrogen-bond donors (Lipinski definition) is 2. The van der Waals surface area contributed by atoms with E-state index in [-0.39, 0.29) is 6.61 Å². The minimum Gasteiger partial charge on any atom is -0.497 e. The van der Waals surface area contributed by atoms with Gasteiger partial charge >= 0.3 is 11.7 Å². The van der Waals surface area contributed by atoms with Crippen LogP contribution in [0.25, 0.3) is 0 Å². The zero-order chi connectivity index (χ0) is 30.6. The van der Waals surface area contributed by atoms with Gasteiger partial charge in [0.2, 0.25) is 0 Å². The van der Waals surface area contributed by atoms with Gasteiger partial charge in [0.1, 0.15) is 29.3 Å². The maximum atomic E-state index is 12.6. The number of nitrogens with one attached hydrogen (secondary N) is 1. The lowest BCUT2D eigenvalue weighted by atomic mass is 9.80. The number of aliphatic hydroxyl groups is 1. The highest BCUT2D eigenvalue weighted by Crippen LogP contribution is 2.43. The first-order valence-corrected chi connectivity index (χ1v) is 13.6. The molecule has 43 heavy (non-hydrogen) atoms. The number of benzene rings is 3. The van der Waals surface area contributed by atoms with Crippen LogP contribution in [0.15, 0.2) is 101 Å². The van der Waals surface area contributed by atoms with Crippen molar-refractivity contribution < 1.29 is 33.6 Å². The summed E-state index contributed by atoms with van der Waals surface area (Å²) in [4.78, 5) is 38.4. The second-order valence-corrected chi connectivity index (χ2v) is 9.96. The van der Waals surface area contributed by atoms with Gasteiger partial charge in [-0.1, -0.05) is 54.6 Å². The van der Waals surface area contributed by atoms with Crippen LogP contribution < -0.4 is 20.7 Å². The predicted molar refractivity (Wildman–Crippen MR) is 155 cm³/mol. The van der Waals surface area contributed by atoms with Crippen molar-refractivity contribution in [2.75, 3.05) is 20.8 Å². The Morgan fingerprint density at radius 2 is 1.44 bits per heavy atom. The molecule has 0 aliphatic carbocycles. The van der Waals surface area contributed by atoms with E-state index >= 15 is 0 Å². The summed E-state index contributed by atoms with van der Waals surface area (Å²) in [5.41, 5.74) is -0.256. The third-order valence-corrected chi connectivity index (χ3v) is 7.38. The van der Waals surface area contributed by atoms with Crippen LogP contribution in [0.5, 0.6) is 11.5 Å². The van der Waals surface area contributed by atoms with Crippen molar-refractivity contribution in [1.82, 2.24) is 9.55 Å². The Morgan fingerprint density at radius 1 is 0.884 bits per heavy atom. The third kappa shape index (κ3) is 5.96. The van der Waals surface area contributed by atoms with Crippen molar-refractivity contribution in [3.8, 4) is 11.5 Å². The molecule has 11 heteroatoms. The average molecular weight is 589 g/mol. The quantitative estimate of drug-likeness (QED) is 0.212. The average Bonchev–Trinajstić information content (AvgIpc) is 3.32. The van der Waals surface area contributed by atoms with Gasteiger partial charge in [0.15, 0.2) is 12.3 Å². The lowest BCUT2D eigenvalue weighted by Crippen LogP contribution is -2.41. The first-order chi connectivity index (χ1) is 20.8. The number of carbonyl (C=O) groups is 1. The molecule has 11 nitrogen and oxygen atoms in total. The SMILES string of the molecule is COc1ccc(C(OC[C@H]2O[C@@H](n3ccc(=O)[nH]c3=O)C(OC(C)=O)[C@H]2O)(c2ccccc2)c2ccc(OC)cc2)cc1. The molecule has 0 spiro atoms. The number of ether oxygens (including phenoxy) is 5. The van der Waals surface area contributed by atoms with Crippen molar-refractivity contribution >= 4 is 5.97 Å². The van der Waals surface area contributed by atoms with Crippen LogP contribution in [0.2, 0.25) is 0 Å². The van der Waals surface area contributed by atoms with Crippen molar-refractivity contribution in [2.24, 2.45) is 0 Å². The first kappa shape index (κ1) is 29.8. The summed E-state index contributed by atoms with van der Waals surface area (Å²) < 4.78 is 30.2. The molecule has 0 bridgehead atoms. The van der Waals surface area contributed by atoms with Crippen molar-refractivity contribution in [2.45, 2.75) is 37.1 Å². The number of carbonyl (C=O) groups excluding carboxylic acids is 1. The fraction of sp³-hybridized carbons (Fsp3) is 0.281. The van der Waals surface area contributed by atoms with Gasteiger partial charge in [-0.2, -0.15) is 0 Å². The van der Waals surface area contributed by atoms with Crippen molar-refractivity contribution in [1.29, 1.82) is 0 Å². The van der Waals surface area contributed by atoms with Gasteiger partial charge in [0.25, 0.3) is 5.56 Å². The number of hydrogen-bond acceptors (Lipinski definition) is 9. The fourth-order valence-electron chi connectivity index (χ4n) is 5.31. The van der Waals surface area contributed by atoms with Crippen LogP contribution in [0.1, 0.15) is 29.8 Å². The zero-order valence-corrected chi connectivity index (χ0v) is 23.8. The lowest BCUT2D eigenvalue weighted by molar-refractivity contribution is -0.156. The Kier molecular flexibility index (Phi) is 8.76. The van der Waals surface area contributed by atoms with Crippen LogP contribution in [0.4, 0.5) is 0 Å². The molecular formula is C32H32N2O9. The van der Waals surface area contributed by atoms with E-state index in [0.29, 0.717) is 11.5 Å². The van der Waals surface area contributed by atoms with E-state index in [2.05, 4.69) is 4.98 Å². The summed E-state index contributed by atoms with van der Waals surface area (Å²) in [5, 5.41) is 11.3. The molecule has 1 saturated heterocycles. The Hall–Kier alpha value is -4.71. The molecule has 2 heterocycles. The highest BCUT2D eigenvalue weighted by molar-refractivity contribution is 5.66. The Morgan fingerprint density at radius 3 is 1.95 bits per heavy atom. The fourth-order valence-corrected chi connectivity index (χ4v) is 5.31. The number of aromatic amines is 1. The van der Waals surface area contributed by atoms with E-state index < -0.39 is 47.4 Å². The minimum absolute atomic E-state index is 0.180. The molecule has 5 rings (SSSR count). The van der Waals surface area contributed by atoms with Crippen LogP contribution in [-0.2, 0) is 24.6 Å². The van der Waals surface area contributed by atoms with Crippen molar-refractivity contribution in [3.63, 3.8) is 0 Å². The van der Waals surface area contributed by atoms with E-state index in [0.717, 1.165) is 27.3 Å². The van der Waals surface area contributed by atoms with Gasteiger partial charge in [-0.15, -0.1) is 0 Å². The van der Waals surface area contributed by atoms with Crippen LogP contribution in [0.3, 0.4) is 0 Å². The highest BCUT2D eigenvalue weighted by atomic mass is 16.6. The molecule has 4 atom stereocenters. The molecule has 4 aromatic rings. The Labute approximate surface area is 247 Å². The summed E-state index contributed by atoms with van der Waals surface area (Å²) in [6, 6.07) is 25.6. The molecule has 0 saturated carbocycles. The normalized spacial score (nSPS) is 20.0. The van der Waals surface area contributed by atoms with Gasteiger partial charge in [0, 0.05) is 19.2 Å². The molecule has 0 radical (unpaired) electrons. The molecule has 224 valence electrons. The number of rotatable bonds is 10. The maximum absolute atomic E-state index is 12.6. The Balaban J connectivity index is 1.58. The number of nitrogens with zero attached hydrogens (tertiary/aromatic N) is 1. The molecular weight excluding hydrogens is 556 g/mol. The molecule has 1 fully saturated rings. The van der Waals surface area contributed by atoms with E-state index in [9.17, 15) is 19.5 Å². The molecule has 1 aromatic heterocycles. The summed E-state index contributed by atoms with van der Waals surface area (Å²) in [7, 11) is 3.17. The van der Waals surface area contributed by atoms with E-state index in [1.165, 1.54) is 13.1 Å². The zero-order valence-electron chi connectivity index (χ0n) is 23.8. The molecule has 1 aliphatic heterocycles. The van der Waals surface area contributed by atoms with Gasteiger partial charge < -0.3 is 28.8 Å². The third-order valence-electron chi connectivity index (χ3n) is 7.38. The van der Waals surface area contributed by atoms with Gasteiger partial charge in [-0.25, -0.2) is 4.79 Å². The van der Waals surface area contributed by atoms with Crippen LogP contribution in [-0.4, -0.2) is 59.8 Å². The number of esters is 1. The summed E-state index contributed by atoms with van der Waals surface area (Å²) >= 11 is 0. The highest BCUT2D eigenvalue weighted by Gasteiger charge is 2.49. The van der Waals surface area contributed by atoms with Gasteiger partial charge in [-0.05, 0) is 41.0 Å². The number of H-pyrrole nitrogens is 1.